The van der Waals surface area contributed by atoms with Gasteiger partial charge in [0.2, 0.25) is 0 Å². The van der Waals surface area contributed by atoms with Crippen molar-refractivity contribution in [3.63, 3.8) is 0 Å². The van der Waals surface area contributed by atoms with E-state index in [1.54, 1.807) is 24.5 Å². The Hall–Kier alpha value is -1.68. The summed E-state index contributed by atoms with van der Waals surface area (Å²) in [6, 6.07) is 6.91. The Balaban J connectivity index is 1.62. The number of benzene rings is 1. The van der Waals surface area contributed by atoms with Gasteiger partial charge >= 0.3 is 0 Å². The normalized spacial score (nSPS) is 26.6. The molecular formula is C17H22FN3. The lowest BCUT2D eigenvalue weighted by atomic mass is 10.0. The van der Waals surface area contributed by atoms with Gasteiger partial charge in [-0.15, -0.1) is 0 Å². The molecule has 112 valence electrons. The van der Waals surface area contributed by atoms with E-state index in [9.17, 15) is 4.39 Å². The highest BCUT2D eigenvalue weighted by atomic mass is 19.1. The number of nitrogens with two attached hydrogens (primary N) is 1. The first-order valence-corrected chi connectivity index (χ1v) is 7.71. The lowest BCUT2D eigenvalue weighted by Crippen LogP contribution is -2.32. The number of aliphatic imine (C=N–C) groups is 1. The largest absolute Gasteiger partial charge is 0.404 e. The van der Waals surface area contributed by atoms with Crippen LogP contribution in [0.3, 0.4) is 0 Å². The molecule has 1 heterocycles. The van der Waals surface area contributed by atoms with Crippen molar-refractivity contribution in [1.29, 1.82) is 0 Å². The minimum absolute atomic E-state index is 0.243. The van der Waals surface area contributed by atoms with Gasteiger partial charge in [-0.25, -0.2) is 4.39 Å². The molecule has 2 fully saturated rings. The highest BCUT2D eigenvalue weighted by Gasteiger charge is 2.37. The van der Waals surface area contributed by atoms with Gasteiger partial charge in [0, 0.05) is 18.8 Å². The van der Waals surface area contributed by atoms with Crippen LogP contribution in [-0.4, -0.2) is 30.2 Å². The minimum atomic E-state index is -0.243. The van der Waals surface area contributed by atoms with Crippen molar-refractivity contribution in [2.24, 2.45) is 16.6 Å². The molecule has 21 heavy (non-hydrogen) atoms. The molecule has 4 heteroatoms. The van der Waals surface area contributed by atoms with Gasteiger partial charge in [0.05, 0.1) is 5.69 Å². The van der Waals surface area contributed by atoms with Gasteiger partial charge in [-0.1, -0.05) is 6.42 Å². The average Bonchev–Trinajstić information content (AvgIpc) is 3.09. The number of halogens is 1. The van der Waals surface area contributed by atoms with Crippen molar-refractivity contribution in [1.82, 2.24) is 4.90 Å². The zero-order valence-corrected chi connectivity index (χ0v) is 12.2. The van der Waals surface area contributed by atoms with Crippen molar-refractivity contribution in [2.75, 3.05) is 13.1 Å². The first-order valence-electron chi connectivity index (χ1n) is 7.71. The summed E-state index contributed by atoms with van der Waals surface area (Å²) < 4.78 is 12.9. The van der Waals surface area contributed by atoms with Gasteiger partial charge < -0.3 is 5.73 Å². The third-order valence-electron chi connectivity index (χ3n) is 4.68. The molecule has 2 atom stereocenters. The molecule has 0 spiro atoms. The molecule has 3 nitrogen and oxygen atoms in total. The molecule has 0 unspecified atom stereocenters. The van der Waals surface area contributed by atoms with Crippen LogP contribution in [0.2, 0.25) is 0 Å². The summed E-state index contributed by atoms with van der Waals surface area (Å²) in [4.78, 5) is 6.91. The highest BCUT2D eigenvalue weighted by Crippen LogP contribution is 2.37. The van der Waals surface area contributed by atoms with Gasteiger partial charge in [0.25, 0.3) is 0 Å². The van der Waals surface area contributed by atoms with Crippen LogP contribution in [0.15, 0.2) is 41.0 Å². The van der Waals surface area contributed by atoms with E-state index in [1.165, 1.54) is 37.8 Å². The van der Waals surface area contributed by atoms with Gasteiger partial charge in [0.15, 0.2) is 0 Å². The van der Waals surface area contributed by atoms with E-state index in [1.807, 2.05) is 0 Å². The van der Waals surface area contributed by atoms with Crippen molar-refractivity contribution in [2.45, 2.75) is 31.7 Å². The standard InChI is InChI=1S/C17H22FN3/c18-15-4-6-16(7-5-15)20-11-13(10-19)12-21-9-8-14-2-1-3-17(14)21/h4-7,10-11,14,17H,1-3,8-9,12,19H2/t14-,17-/m1/s1. The molecule has 2 aliphatic rings. The molecular weight excluding hydrogens is 265 g/mol. The summed E-state index contributed by atoms with van der Waals surface area (Å²) in [5.41, 5.74) is 7.50. The summed E-state index contributed by atoms with van der Waals surface area (Å²) in [6.07, 6.45) is 8.81. The second-order valence-electron chi connectivity index (χ2n) is 5.99. The number of nitrogens with zero attached hydrogens (tertiary/aromatic N) is 2. The Labute approximate surface area is 125 Å². The summed E-state index contributed by atoms with van der Waals surface area (Å²) in [6.45, 7) is 2.03. The molecule has 1 saturated heterocycles. The zero-order chi connectivity index (χ0) is 14.7. The fourth-order valence-corrected chi connectivity index (χ4v) is 3.58. The zero-order valence-electron chi connectivity index (χ0n) is 12.2. The van der Waals surface area contributed by atoms with E-state index in [4.69, 9.17) is 5.73 Å². The smallest absolute Gasteiger partial charge is 0.123 e. The molecule has 1 aromatic carbocycles. The van der Waals surface area contributed by atoms with E-state index in [2.05, 4.69) is 9.89 Å². The average molecular weight is 287 g/mol. The van der Waals surface area contributed by atoms with Crippen LogP contribution in [0, 0.1) is 11.7 Å². The lowest BCUT2D eigenvalue weighted by molar-refractivity contribution is 0.263. The minimum Gasteiger partial charge on any atom is -0.404 e. The lowest BCUT2D eigenvalue weighted by Gasteiger charge is -2.23. The van der Waals surface area contributed by atoms with Gasteiger partial charge in [-0.05, 0) is 67.8 Å². The van der Waals surface area contributed by atoms with Crippen LogP contribution in [-0.2, 0) is 0 Å². The van der Waals surface area contributed by atoms with Gasteiger partial charge in [-0.3, -0.25) is 9.89 Å². The molecule has 0 amide bonds. The quantitative estimate of drug-likeness (QED) is 0.864. The van der Waals surface area contributed by atoms with Crippen molar-refractivity contribution >= 4 is 11.9 Å². The molecule has 1 aromatic rings. The van der Waals surface area contributed by atoms with E-state index in [0.717, 1.165) is 36.3 Å². The number of fused-ring (bicyclic) bond motifs is 1. The first kappa shape index (κ1) is 14.3. The van der Waals surface area contributed by atoms with Crippen LogP contribution in [0.25, 0.3) is 0 Å². The SMILES string of the molecule is NC=C(C=Nc1ccc(F)cc1)CN1CC[C@H]2CCC[C@H]21. The summed E-state index contributed by atoms with van der Waals surface area (Å²) in [5.74, 6) is 0.644. The molecule has 0 aromatic heterocycles. The first-order chi connectivity index (χ1) is 10.3. The molecule has 0 bridgehead atoms. The van der Waals surface area contributed by atoms with Crippen LogP contribution < -0.4 is 5.73 Å². The third kappa shape index (κ3) is 3.32. The van der Waals surface area contributed by atoms with Crippen LogP contribution >= 0.6 is 0 Å². The molecule has 3 rings (SSSR count). The number of likely N-dealkylation sites (tertiary alicyclic amines) is 1. The topological polar surface area (TPSA) is 41.6 Å². The fourth-order valence-electron chi connectivity index (χ4n) is 3.58. The Morgan fingerprint density at radius 3 is 2.86 bits per heavy atom. The molecule has 1 aliphatic heterocycles. The van der Waals surface area contributed by atoms with Crippen LogP contribution in [0.4, 0.5) is 10.1 Å². The van der Waals surface area contributed by atoms with E-state index >= 15 is 0 Å². The number of hydrogen-bond acceptors (Lipinski definition) is 3. The second kappa shape index (κ2) is 6.39. The number of hydrogen-bond donors (Lipinski definition) is 1. The van der Waals surface area contributed by atoms with Gasteiger partial charge in [-0.2, -0.15) is 0 Å². The Morgan fingerprint density at radius 1 is 1.29 bits per heavy atom. The molecule has 0 radical (unpaired) electrons. The third-order valence-corrected chi connectivity index (χ3v) is 4.68. The Bertz CT molecular complexity index is 535. The molecule has 1 saturated carbocycles. The summed E-state index contributed by atoms with van der Waals surface area (Å²) in [7, 11) is 0. The van der Waals surface area contributed by atoms with Crippen molar-refractivity contribution in [3.05, 3.63) is 41.9 Å². The fraction of sp³-hybridized carbons (Fsp3) is 0.471. The molecule has 1 aliphatic carbocycles. The van der Waals surface area contributed by atoms with E-state index < -0.39 is 0 Å². The number of rotatable bonds is 4. The van der Waals surface area contributed by atoms with Crippen molar-refractivity contribution in [3.8, 4) is 0 Å². The highest BCUT2D eigenvalue weighted by molar-refractivity contribution is 5.81. The van der Waals surface area contributed by atoms with Gasteiger partial charge in [0.1, 0.15) is 5.82 Å². The molecule has 2 N–H and O–H groups in total. The van der Waals surface area contributed by atoms with Crippen molar-refractivity contribution < 1.29 is 4.39 Å². The summed E-state index contributed by atoms with van der Waals surface area (Å²) in [5, 5.41) is 0. The predicted molar refractivity (Wildman–Crippen MR) is 84.1 cm³/mol. The van der Waals surface area contributed by atoms with Crippen LogP contribution in [0.5, 0.6) is 0 Å². The summed E-state index contributed by atoms with van der Waals surface area (Å²) >= 11 is 0. The predicted octanol–water partition coefficient (Wildman–Crippen LogP) is 3.25. The second-order valence-corrected chi connectivity index (χ2v) is 5.99. The Kier molecular flexibility index (Phi) is 4.34. The Morgan fingerprint density at radius 2 is 2.10 bits per heavy atom. The van der Waals surface area contributed by atoms with E-state index in [-0.39, 0.29) is 5.82 Å². The maximum absolute atomic E-state index is 12.9. The van der Waals surface area contributed by atoms with E-state index in [0.29, 0.717) is 0 Å². The monoisotopic (exact) mass is 287 g/mol. The maximum atomic E-state index is 12.9. The maximum Gasteiger partial charge on any atom is 0.123 e. The van der Waals surface area contributed by atoms with Crippen LogP contribution in [0.1, 0.15) is 25.7 Å².